The summed E-state index contributed by atoms with van der Waals surface area (Å²) in [6, 6.07) is 12.1. The van der Waals surface area contributed by atoms with Crippen molar-refractivity contribution in [3.8, 4) is 5.75 Å². The lowest BCUT2D eigenvalue weighted by atomic mass is 9.85. The number of aliphatic hydroxyl groups excluding tert-OH is 1. The second-order valence-electron chi connectivity index (χ2n) is 10.8. The number of ether oxygens (including phenoxy) is 1. The van der Waals surface area contributed by atoms with Crippen molar-refractivity contribution >= 4 is 11.9 Å². The van der Waals surface area contributed by atoms with Crippen LogP contribution in [0.2, 0.25) is 0 Å². The van der Waals surface area contributed by atoms with E-state index in [1.807, 2.05) is 24.3 Å². The lowest BCUT2D eigenvalue weighted by molar-refractivity contribution is 0.0979. The molecule has 3 heteroatoms. The number of aliphatic hydroxyl groups is 1. The van der Waals surface area contributed by atoms with Gasteiger partial charge in [-0.05, 0) is 65.8 Å². The van der Waals surface area contributed by atoms with Crippen LogP contribution in [0.1, 0.15) is 150 Å². The highest BCUT2D eigenvalue weighted by molar-refractivity contribution is 6.10. The summed E-state index contributed by atoms with van der Waals surface area (Å²) in [5, 5.41) is 11.2. The highest BCUT2D eigenvalue weighted by atomic mass is 16.5. The molecule has 2 rings (SSSR count). The molecule has 204 valence electrons. The number of ketones is 1. The van der Waals surface area contributed by atoms with Crippen molar-refractivity contribution in [2.24, 2.45) is 0 Å². The molecule has 0 radical (unpaired) electrons. The fourth-order valence-corrected chi connectivity index (χ4v) is 5.25. The summed E-state index contributed by atoms with van der Waals surface area (Å²) in [5.41, 5.74) is 4.77. The van der Waals surface area contributed by atoms with Crippen molar-refractivity contribution in [3.05, 3.63) is 70.0 Å². The van der Waals surface area contributed by atoms with Gasteiger partial charge < -0.3 is 9.84 Å². The molecule has 3 nitrogen and oxygen atoms in total. The van der Waals surface area contributed by atoms with Crippen molar-refractivity contribution < 1.29 is 14.6 Å². The number of carbonyl (C=O) groups is 1. The van der Waals surface area contributed by atoms with Crippen LogP contribution in [-0.4, -0.2) is 18.0 Å². The maximum Gasteiger partial charge on any atom is 0.227 e. The third kappa shape index (κ3) is 8.48. The Morgan fingerprint density at radius 2 is 1.43 bits per heavy atom. The molecule has 3 atom stereocenters. The minimum absolute atomic E-state index is 0.209. The van der Waals surface area contributed by atoms with E-state index in [1.54, 1.807) is 13.2 Å². The Balaban J connectivity index is 2.57. The Labute approximate surface area is 226 Å². The molecular weight excluding hydrogens is 456 g/mol. The van der Waals surface area contributed by atoms with Crippen molar-refractivity contribution in [2.45, 2.75) is 117 Å². The number of hydrogen-bond acceptors (Lipinski definition) is 3. The highest BCUT2D eigenvalue weighted by Gasteiger charge is 2.22. The Hall–Kier alpha value is -2.55. The van der Waals surface area contributed by atoms with E-state index in [0.717, 1.165) is 73.8 Å². The molecule has 0 aliphatic heterocycles. The number of Topliss-reactive ketones (excluding diaryl/α,β-unsaturated/α-hetero) is 1. The van der Waals surface area contributed by atoms with E-state index in [2.05, 4.69) is 53.7 Å². The number of hydrogen-bond donors (Lipinski definition) is 1. The zero-order valence-electron chi connectivity index (χ0n) is 24.4. The van der Waals surface area contributed by atoms with Crippen molar-refractivity contribution in [2.75, 3.05) is 7.11 Å². The van der Waals surface area contributed by atoms with Gasteiger partial charge in [-0.2, -0.15) is 0 Å². The smallest absolute Gasteiger partial charge is 0.227 e. The van der Waals surface area contributed by atoms with Crippen LogP contribution in [0.15, 0.2) is 42.2 Å². The van der Waals surface area contributed by atoms with E-state index in [-0.39, 0.29) is 23.4 Å². The van der Waals surface area contributed by atoms with Crippen LogP contribution < -0.4 is 4.74 Å². The van der Waals surface area contributed by atoms with Crippen molar-refractivity contribution in [1.82, 2.24) is 0 Å². The number of unbranched alkanes of at least 4 members (excludes halogenated alkanes) is 3. The van der Waals surface area contributed by atoms with Crippen LogP contribution in [0.3, 0.4) is 0 Å². The second kappa shape index (κ2) is 15.6. The van der Waals surface area contributed by atoms with Crippen LogP contribution in [-0.2, 0) is 0 Å². The maximum absolute atomic E-state index is 13.6. The summed E-state index contributed by atoms with van der Waals surface area (Å²) in [7, 11) is 1.72. The van der Waals surface area contributed by atoms with E-state index in [1.165, 1.54) is 12.0 Å². The Kier molecular flexibility index (Phi) is 13.0. The molecule has 0 spiro atoms. The lowest BCUT2D eigenvalue weighted by Gasteiger charge is -2.22. The summed E-state index contributed by atoms with van der Waals surface area (Å²) in [6.07, 6.45) is 11.7. The molecular formula is C34H50O3. The zero-order valence-corrected chi connectivity index (χ0v) is 24.4. The topological polar surface area (TPSA) is 46.5 Å². The molecule has 0 amide bonds. The first-order valence-electron chi connectivity index (χ1n) is 14.5. The van der Waals surface area contributed by atoms with Crippen molar-refractivity contribution in [1.29, 1.82) is 0 Å². The minimum atomic E-state index is -0.311. The molecule has 3 unspecified atom stereocenters. The number of benzene rings is 2. The van der Waals surface area contributed by atoms with Crippen LogP contribution in [0.5, 0.6) is 5.75 Å². The molecule has 0 aromatic heterocycles. The van der Waals surface area contributed by atoms with Crippen LogP contribution >= 0.6 is 0 Å². The largest absolute Gasteiger partial charge is 0.504 e. The van der Waals surface area contributed by atoms with Gasteiger partial charge >= 0.3 is 0 Å². The molecule has 0 fully saturated rings. The Morgan fingerprint density at radius 1 is 0.865 bits per heavy atom. The number of allylic oxidation sites excluding steroid dienone is 1. The number of rotatable bonds is 16. The van der Waals surface area contributed by atoms with Crippen molar-refractivity contribution in [3.63, 3.8) is 0 Å². The molecule has 0 heterocycles. The molecule has 37 heavy (non-hydrogen) atoms. The molecule has 1 N–H and O–H groups in total. The van der Waals surface area contributed by atoms with Crippen LogP contribution in [0.25, 0.3) is 6.08 Å². The number of methoxy groups -OCH3 is 1. The summed E-state index contributed by atoms with van der Waals surface area (Å²) in [6.45, 7) is 13.2. The molecule has 2 aromatic carbocycles. The van der Waals surface area contributed by atoms with Gasteiger partial charge in [-0.15, -0.1) is 0 Å². The first-order chi connectivity index (χ1) is 17.8. The van der Waals surface area contributed by atoms with Gasteiger partial charge in [0.1, 0.15) is 5.75 Å². The van der Waals surface area contributed by atoms with Gasteiger partial charge in [-0.25, -0.2) is 0 Å². The van der Waals surface area contributed by atoms with Gasteiger partial charge in [0.25, 0.3) is 0 Å². The molecule has 0 saturated heterocycles. The van der Waals surface area contributed by atoms with Crippen LogP contribution in [0.4, 0.5) is 0 Å². The van der Waals surface area contributed by atoms with E-state index < -0.39 is 0 Å². The van der Waals surface area contributed by atoms with E-state index in [4.69, 9.17) is 4.74 Å². The van der Waals surface area contributed by atoms with E-state index >= 15 is 0 Å². The quantitative estimate of drug-likeness (QED) is 0.140. The SMILES string of the molecule is CCCCC(C)c1cc(/C=C(\O)C(=O)c2ccccc2C(C)CCCC)c(C(C)CCCC)c(OC)c1. The fraction of sp³-hybridized carbons (Fsp3) is 0.559. The lowest BCUT2D eigenvalue weighted by Crippen LogP contribution is -2.10. The molecule has 0 aliphatic carbocycles. The van der Waals surface area contributed by atoms with Gasteiger partial charge in [0.05, 0.1) is 7.11 Å². The average Bonchev–Trinajstić information content (AvgIpc) is 2.92. The summed E-state index contributed by atoms with van der Waals surface area (Å²) >= 11 is 0. The normalized spacial score (nSPS) is 14.3. The van der Waals surface area contributed by atoms with Crippen LogP contribution in [0, 0.1) is 0 Å². The summed E-state index contributed by atoms with van der Waals surface area (Å²) in [5.74, 6) is 1.23. The van der Waals surface area contributed by atoms with E-state index in [0.29, 0.717) is 11.5 Å². The summed E-state index contributed by atoms with van der Waals surface area (Å²) < 4.78 is 5.90. The molecule has 0 bridgehead atoms. The first kappa shape index (κ1) is 30.7. The number of carbonyl (C=O) groups excluding carboxylic acids is 1. The standard InChI is InChI=1S/C34H50O3/c1-8-11-16-24(4)27-21-28(33(32(23-27)37-7)26(6)18-13-10-3)22-31(35)34(36)30-20-15-14-19-29(30)25(5)17-12-9-2/h14-15,19-26,35H,8-13,16-18H2,1-7H3/b31-22-. The van der Waals surface area contributed by atoms with Gasteiger partial charge in [-0.3, -0.25) is 4.79 Å². The molecule has 2 aromatic rings. The predicted octanol–water partition coefficient (Wildman–Crippen LogP) is 10.4. The van der Waals surface area contributed by atoms with Gasteiger partial charge in [0.15, 0.2) is 5.76 Å². The predicted molar refractivity (Wildman–Crippen MR) is 158 cm³/mol. The third-order valence-corrected chi connectivity index (χ3v) is 7.71. The minimum Gasteiger partial charge on any atom is -0.504 e. The first-order valence-corrected chi connectivity index (χ1v) is 14.5. The van der Waals surface area contributed by atoms with E-state index in [9.17, 15) is 9.90 Å². The second-order valence-corrected chi connectivity index (χ2v) is 10.8. The Morgan fingerprint density at radius 3 is 2.03 bits per heavy atom. The molecule has 0 aliphatic rings. The zero-order chi connectivity index (χ0) is 27.4. The fourth-order valence-electron chi connectivity index (χ4n) is 5.25. The van der Waals surface area contributed by atoms with Gasteiger partial charge in [0.2, 0.25) is 5.78 Å². The monoisotopic (exact) mass is 506 g/mol. The third-order valence-electron chi connectivity index (χ3n) is 7.71. The molecule has 0 saturated carbocycles. The average molecular weight is 507 g/mol. The highest BCUT2D eigenvalue weighted by Crippen LogP contribution is 2.38. The maximum atomic E-state index is 13.6. The van der Waals surface area contributed by atoms with Gasteiger partial charge in [-0.1, -0.05) is 110 Å². The summed E-state index contributed by atoms with van der Waals surface area (Å²) in [4.78, 5) is 13.6. The Bertz CT molecular complexity index is 1020. The van der Waals surface area contributed by atoms with Gasteiger partial charge in [0, 0.05) is 11.1 Å².